The molecule has 2 aliphatic carbocycles. The van der Waals surface area contributed by atoms with Gasteiger partial charge in [0.1, 0.15) is 23.7 Å². The molecule has 3 amide bonds. The minimum absolute atomic E-state index is 0.165. The van der Waals surface area contributed by atoms with Crippen LogP contribution in [0.3, 0.4) is 0 Å². The molecule has 2 aliphatic heterocycles. The van der Waals surface area contributed by atoms with Crippen LogP contribution in [0.15, 0.2) is 66.7 Å². The van der Waals surface area contributed by atoms with Gasteiger partial charge in [-0.05, 0) is 62.8 Å². The lowest BCUT2D eigenvalue weighted by atomic mass is 10.0. The van der Waals surface area contributed by atoms with Crippen molar-refractivity contribution in [1.82, 2.24) is 19.9 Å². The van der Waals surface area contributed by atoms with E-state index in [0.29, 0.717) is 24.5 Å². The first-order valence-corrected chi connectivity index (χ1v) is 18.8. The maximum atomic E-state index is 14.4. The van der Waals surface area contributed by atoms with Crippen LogP contribution in [0.25, 0.3) is 10.2 Å². The van der Waals surface area contributed by atoms with Crippen LogP contribution < -0.4 is 20.1 Å². The lowest BCUT2D eigenvalue weighted by Crippen LogP contribution is -2.57. The third-order valence-electron chi connectivity index (χ3n) is 9.50. The summed E-state index contributed by atoms with van der Waals surface area (Å²) in [5, 5.41) is 6.21. The Balaban J connectivity index is 1.18. The number of nitrogens with zero attached hydrogens (tertiary/aromatic N) is 2. The highest BCUT2D eigenvalue weighted by molar-refractivity contribution is 7.91. The summed E-state index contributed by atoms with van der Waals surface area (Å²) < 4.78 is 35.0. The van der Waals surface area contributed by atoms with Gasteiger partial charge in [-0.25, -0.2) is 13.4 Å². The molecule has 7 rings (SSSR count). The third-order valence-corrected chi connectivity index (χ3v) is 12.2. The Morgan fingerprint density at radius 3 is 2.60 bits per heavy atom. The fourth-order valence-electron chi connectivity index (χ4n) is 6.63. The summed E-state index contributed by atoms with van der Waals surface area (Å²) in [6.45, 7) is 0.165. The molecule has 0 unspecified atom stereocenters. The number of anilines is 1. The Morgan fingerprint density at radius 2 is 1.81 bits per heavy atom. The summed E-state index contributed by atoms with van der Waals surface area (Å²) in [5.74, 6) is -1.80. The van der Waals surface area contributed by atoms with Gasteiger partial charge in [-0.15, -0.1) is 0 Å². The standard InChI is InChI=1S/C34H39N5O6S2/c40-30-28-19-24(45-33-36-26-14-9-10-16-29(26)46-33)21-39(28)31(41)27(35-23-12-6-4-7-13-23)15-8-3-1-2-5-11-22-20-34(22,37-30)32(42)38-47(43,44)25-17-18-25/h4-7,9-14,16,22,24-25,27-28,35H,1-3,8,15,17-21H2,(H,37,40)(H,38,42)/t22-,24-,27+,28+,34-/m1/s1. The molecule has 3 N–H and O–H groups in total. The van der Waals surface area contributed by atoms with E-state index in [1.807, 2.05) is 66.7 Å². The number of nitrogens with one attached hydrogen (secondary N) is 3. The number of carbonyl (C=O) groups excluding carboxylic acids is 3. The summed E-state index contributed by atoms with van der Waals surface area (Å²) in [6.07, 6.45) is 8.91. The zero-order valence-corrected chi connectivity index (χ0v) is 27.6. The van der Waals surface area contributed by atoms with Crippen molar-refractivity contribution >= 4 is 55.0 Å². The quantitative estimate of drug-likeness (QED) is 0.317. The number of benzene rings is 2. The van der Waals surface area contributed by atoms with Crippen molar-refractivity contribution in [2.75, 3.05) is 11.9 Å². The molecule has 3 heterocycles. The maximum Gasteiger partial charge on any atom is 0.274 e. The minimum atomic E-state index is -3.82. The van der Waals surface area contributed by atoms with E-state index in [0.717, 1.165) is 41.6 Å². The highest BCUT2D eigenvalue weighted by Crippen LogP contribution is 2.46. The molecule has 11 nitrogen and oxygen atoms in total. The number of thiazole rings is 1. The van der Waals surface area contributed by atoms with Gasteiger partial charge in [0, 0.05) is 18.0 Å². The van der Waals surface area contributed by atoms with Gasteiger partial charge >= 0.3 is 0 Å². The number of hydrogen-bond acceptors (Lipinski definition) is 9. The Labute approximate surface area is 278 Å². The lowest BCUT2D eigenvalue weighted by molar-refractivity contribution is -0.140. The van der Waals surface area contributed by atoms with Crippen molar-refractivity contribution in [3.63, 3.8) is 0 Å². The Kier molecular flexibility index (Phi) is 8.69. The topological polar surface area (TPSA) is 147 Å². The van der Waals surface area contributed by atoms with E-state index < -0.39 is 50.8 Å². The number of amides is 3. The number of rotatable bonds is 7. The zero-order valence-electron chi connectivity index (χ0n) is 26.0. The van der Waals surface area contributed by atoms with E-state index in [9.17, 15) is 22.8 Å². The summed E-state index contributed by atoms with van der Waals surface area (Å²) in [6, 6.07) is 15.7. The Bertz CT molecular complexity index is 1760. The molecular weight excluding hydrogens is 639 g/mol. The molecule has 3 aromatic rings. The SMILES string of the molecule is O=C1N[C@]2(C(=O)NS(=O)(=O)C3CC3)C[C@H]2C=CCCCCC[C@H](Nc2ccccc2)C(=O)N2C[C@H](Oc3nc4ccccc4s3)C[C@@H]12. The zero-order chi connectivity index (χ0) is 32.6. The van der Waals surface area contributed by atoms with Gasteiger partial charge in [0.25, 0.3) is 11.1 Å². The van der Waals surface area contributed by atoms with Crippen LogP contribution in [0.1, 0.15) is 57.8 Å². The molecule has 0 spiro atoms. The largest absolute Gasteiger partial charge is 0.465 e. The van der Waals surface area contributed by atoms with Crippen molar-refractivity contribution in [3.05, 3.63) is 66.7 Å². The normalized spacial score (nSPS) is 28.4. The van der Waals surface area contributed by atoms with Gasteiger partial charge in [-0.3, -0.25) is 19.1 Å². The average molecular weight is 678 g/mol. The molecule has 2 saturated carbocycles. The number of hydrogen-bond donors (Lipinski definition) is 3. The number of ether oxygens (including phenoxy) is 1. The van der Waals surface area contributed by atoms with Crippen molar-refractivity contribution in [2.24, 2.45) is 5.92 Å². The molecule has 47 heavy (non-hydrogen) atoms. The lowest BCUT2D eigenvalue weighted by Gasteiger charge is -2.30. The minimum Gasteiger partial charge on any atom is -0.465 e. The number of fused-ring (bicyclic) bond motifs is 3. The van der Waals surface area contributed by atoms with Crippen LogP contribution in [0.4, 0.5) is 5.69 Å². The number of sulfonamides is 1. The van der Waals surface area contributed by atoms with Crippen molar-refractivity contribution in [1.29, 1.82) is 0 Å². The molecule has 1 saturated heterocycles. The summed E-state index contributed by atoms with van der Waals surface area (Å²) >= 11 is 1.40. The fourth-order valence-corrected chi connectivity index (χ4v) is 8.87. The van der Waals surface area contributed by atoms with E-state index >= 15 is 0 Å². The third kappa shape index (κ3) is 6.87. The van der Waals surface area contributed by atoms with Crippen LogP contribution in [-0.2, 0) is 24.4 Å². The number of aromatic nitrogens is 1. The molecule has 4 aliphatic rings. The second kappa shape index (κ2) is 12.9. The Hall–Kier alpha value is -3.97. The van der Waals surface area contributed by atoms with Crippen molar-refractivity contribution in [2.45, 2.75) is 86.8 Å². The summed E-state index contributed by atoms with van der Waals surface area (Å²) in [4.78, 5) is 48.3. The molecule has 0 bridgehead atoms. The molecule has 5 atom stereocenters. The van der Waals surface area contributed by atoms with E-state index in [1.165, 1.54) is 11.3 Å². The number of para-hydroxylation sites is 2. The van der Waals surface area contributed by atoms with Gasteiger partial charge in [0.2, 0.25) is 21.8 Å². The fraction of sp³-hybridized carbons (Fsp3) is 0.471. The van der Waals surface area contributed by atoms with Gasteiger partial charge in [0.05, 0.1) is 22.0 Å². The average Bonchev–Trinajstić information content (AvgIpc) is 3.95. The molecule has 0 radical (unpaired) electrons. The Morgan fingerprint density at radius 1 is 1.02 bits per heavy atom. The number of allylic oxidation sites excluding steroid dienone is 1. The van der Waals surface area contributed by atoms with Crippen molar-refractivity contribution in [3.8, 4) is 5.19 Å². The monoisotopic (exact) mass is 677 g/mol. The molecule has 2 aromatic carbocycles. The summed E-state index contributed by atoms with van der Waals surface area (Å²) in [5.41, 5.74) is 0.212. The van der Waals surface area contributed by atoms with Crippen LogP contribution in [0.5, 0.6) is 5.19 Å². The molecular formula is C34H39N5O6S2. The van der Waals surface area contributed by atoms with Gasteiger partial charge in [0.15, 0.2) is 0 Å². The molecule has 248 valence electrons. The molecule has 1 aromatic heterocycles. The van der Waals surface area contributed by atoms with Crippen LogP contribution in [-0.4, -0.2) is 71.5 Å². The van der Waals surface area contributed by atoms with Crippen LogP contribution in [0, 0.1) is 5.92 Å². The predicted molar refractivity (Wildman–Crippen MR) is 179 cm³/mol. The summed E-state index contributed by atoms with van der Waals surface area (Å²) in [7, 11) is -3.82. The first-order valence-electron chi connectivity index (χ1n) is 16.4. The first kappa shape index (κ1) is 31.6. The van der Waals surface area contributed by atoms with E-state index in [-0.39, 0.29) is 31.2 Å². The first-order chi connectivity index (χ1) is 22.7. The highest BCUT2D eigenvalue weighted by Gasteiger charge is 2.62. The van der Waals surface area contributed by atoms with Crippen LogP contribution >= 0.6 is 11.3 Å². The van der Waals surface area contributed by atoms with E-state index in [2.05, 4.69) is 20.3 Å². The number of carbonyl (C=O) groups is 3. The van der Waals surface area contributed by atoms with E-state index in [4.69, 9.17) is 4.74 Å². The second-order valence-electron chi connectivity index (χ2n) is 13.0. The van der Waals surface area contributed by atoms with Gasteiger partial charge in [-0.2, -0.15) is 0 Å². The smallest absolute Gasteiger partial charge is 0.274 e. The van der Waals surface area contributed by atoms with Crippen LogP contribution in [0.2, 0.25) is 0 Å². The van der Waals surface area contributed by atoms with Crippen molar-refractivity contribution < 1.29 is 27.5 Å². The second-order valence-corrected chi connectivity index (χ2v) is 16.0. The molecule has 3 fully saturated rings. The van der Waals surface area contributed by atoms with Gasteiger partial charge < -0.3 is 20.3 Å². The predicted octanol–water partition coefficient (Wildman–Crippen LogP) is 4.13. The highest BCUT2D eigenvalue weighted by atomic mass is 32.2. The molecule has 13 heteroatoms. The van der Waals surface area contributed by atoms with Gasteiger partial charge in [-0.1, -0.05) is 66.7 Å². The maximum absolute atomic E-state index is 14.4. The van der Waals surface area contributed by atoms with E-state index in [1.54, 1.807) is 4.90 Å².